The predicted molar refractivity (Wildman–Crippen MR) is 95.5 cm³/mol. The predicted octanol–water partition coefficient (Wildman–Crippen LogP) is 4.91. The minimum atomic E-state index is -0.607. The van der Waals surface area contributed by atoms with Crippen LogP contribution >= 0.6 is 35.0 Å². The number of hydrogen-bond acceptors (Lipinski definition) is 5. The molecule has 2 aromatic carbocycles. The van der Waals surface area contributed by atoms with Crippen molar-refractivity contribution in [1.29, 1.82) is 0 Å². The molecule has 0 saturated heterocycles. The summed E-state index contributed by atoms with van der Waals surface area (Å²) in [6.45, 7) is 0. The minimum absolute atomic E-state index is 0.0216. The summed E-state index contributed by atoms with van der Waals surface area (Å²) in [4.78, 5) is 11.9. The second-order valence-corrected chi connectivity index (χ2v) is 6.58. The summed E-state index contributed by atoms with van der Waals surface area (Å²) >= 11 is 12.8. The number of nitrogens with one attached hydrogen (secondary N) is 1. The molecule has 25 heavy (non-hydrogen) atoms. The van der Waals surface area contributed by atoms with Crippen LogP contribution in [0.5, 0.6) is 0 Å². The van der Waals surface area contributed by atoms with Crippen LogP contribution in [0.1, 0.15) is 0 Å². The van der Waals surface area contributed by atoms with Gasteiger partial charge in [0.15, 0.2) is 0 Å². The number of hydrogen-bond donors (Lipinski definition) is 1. The van der Waals surface area contributed by atoms with Gasteiger partial charge in [-0.1, -0.05) is 47.1 Å². The Morgan fingerprint density at radius 1 is 1.20 bits per heavy atom. The number of rotatable bonds is 5. The first-order valence-electron chi connectivity index (χ1n) is 6.99. The molecule has 1 heterocycles. The lowest BCUT2D eigenvalue weighted by Crippen LogP contribution is -2.15. The smallest absolute Gasteiger partial charge is 0.277 e. The second-order valence-electron chi connectivity index (χ2n) is 4.81. The van der Waals surface area contributed by atoms with E-state index in [4.69, 9.17) is 27.6 Å². The number of aromatic nitrogens is 2. The molecule has 0 spiro atoms. The van der Waals surface area contributed by atoms with E-state index >= 15 is 0 Å². The summed E-state index contributed by atoms with van der Waals surface area (Å²) in [5, 5.41) is 11.2. The van der Waals surface area contributed by atoms with Gasteiger partial charge in [0.05, 0.1) is 22.0 Å². The average molecular weight is 398 g/mol. The van der Waals surface area contributed by atoms with Crippen LogP contribution in [-0.2, 0) is 4.79 Å². The van der Waals surface area contributed by atoms with E-state index < -0.39 is 11.7 Å². The van der Waals surface area contributed by atoms with Gasteiger partial charge >= 0.3 is 0 Å². The second kappa shape index (κ2) is 7.86. The molecule has 0 atom stereocenters. The molecule has 0 bridgehead atoms. The zero-order chi connectivity index (χ0) is 17.8. The fraction of sp³-hybridized carbons (Fsp3) is 0.0625. The van der Waals surface area contributed by atoms with Gasteiger partial charge in [0.2, 0.25) is 11.8 Å². The monoisotopic (exact) mass is 397 g/mol. The van der Waals surface area contributed by atoms with Gasteiger partial charge in [-0.2, -0.15) is 0 Å². The van der Waals surface area contributed by atoms with E-state index in [0.29, 0.717) is 10.6 Å². The molecule has 0 saturated carbocycles. The molecule has 9 heteroatoms. The van der Waals surface area contributed by atoms with E-state index in [1.54, 1.807) is 24.3 Å². The molecule has 0 aliphatic heterocycles. The molecule has 128 valence electrons. The van der Waals surface area contributed by atoms with E-state index in [1.165, 1.54) is 12.1 Å². The van der Waals surface area contributed by atoms with Crippen LogP contribution in [-0.4, -0.2) is 21.9 Å². The van der Waals surface area contributed by atoms with Crippen molar-refractivity contribution >= 4 is 46.6 Å². The maximum Gasteiger partial charge on any atom is 0.277 e. The zero-order valence-electron chi connectivity index (χ0n) is 12.5. The van der Waals surface area contributed by atoms with Gasteiger partial charge in [-0.3, -0.25) is 4.79 Å². The Morgan fingerprint density at radius 2 is 2.00 bits per heavy atom. The first kappa shape index (κ1) is 17.7. The lowest BCUT2D eigenvalue weighted by atomic mass is 10.2. The lowest BCUT2D eigenvalue weighted by molar-refractivity contribution is -0.113. The summed E-state index contributed by atoms with van der Waals surface area (Å²) in [5.74, 6) is -0.780. The SMILES string of the molecule is O=C(CSc1nnc(-c2ccccc2Cl)o1)Nc1ccc(Cl)cc1F. The minimum Gasteiger partial charge on any atom is -0.411 e. The Bertz CT molecular complexity index is 920. The van der Waals surface area contributed by atoms with Crippen molar-refractivity contribution in [1.82, 2.24) is 10.2 Å². The Hall–Kier alpha value is -2.09. The van der Waals surface area contributed by atoms with Crippen molar-refractivity contribution in [3.63, 3.8) is 0 Å². The number of amides is 1. The van der Waals surface area contributed by atoms with Crippen LogP contribution in [0.2, 0.25) is 10.0 Å². The molecule has 0 aliphatic rings. The molecular formula is C16H10Cl2FN3O2S. The van der Waals surface area contributed by atoms with Crippen molar-refractivity contribution in [2.75, 3.05) is 11.1 Å². The van der Waals surface area contributed by atoms with Crippen molar-refractivity contribution in [3.05, 3.63) is 58.3 Å². The topological polar surface area (TPSA) is 68.0 Å². The highest BCUT2D eigenvalue weighted by molar-refractivity contribution is 7.99. The van der Waals surface area contributed by atoms with Crippen molar-refractivity contribution in [3.8, 4) is 11.5 Å². The Balaban J connectivity index is 1.60. The molecule has 0 unspecified atom stereocenters. The standard InChI is InChI=1S/C16H10Cl2FN3O2S/c17-9-5-6-13(12(19)7-9)20-14(23)8-25-16-22-21-15(24-16)10-3-1-2-4-11(10)18/h1-7H,8H2,(H,20,23). The van der Waals surface area contributed by atoms with Crippen molar-refractivity contribution < 1.29 is 13.6 Å². The highest BCUT2D eigenvalue weighted by atomic mass is 35.5. The van der Waals surface area contributed by atoms with Gasteiger partial charge in [-0.15, -0.1) is 10.2 Å². The van der Waals surface area contributed by atoms with E-state index in [9.17, 15) is 9.18 Å². The molecule has 0 fully saturated rings. The van der Waals surface area contributed by atoms with Gasteiger partial charge in [-0.05, 0) is 30.3 Å². The summed E-state index contributed by atoms with van der Waals surface area (Å²) in [7, 11) is 0. The third-order valence-electron chi connectivity index (χ3n) is 3.04. The Kier molecular flexibility index (Phi) is 5.57. The molecule has 5 nitrogen and oxygen atoms in total. The highest BCUT2D eigenvalue weighted by Gasteiger charge is 2.14. The van der Waals surface area contributed by atoms with Gasteiger partial charge in [0, 0.05) is 5.02 Å². The number of carbonyl (C=O) groups excluding carboxylic acids is 1. The molecule has 3 aromatic rings. The number of carbonyl (C=O) groups is 1. The van der Waals surface area contributed by atoms with Crippen LogP contribution in [0.15, 0.2) is 52.1 Å². The van der Waals surface area contributed by atoms with Gasteiger partial charge < -0.3 is 9.73 Å². The van der Waals surface area contributed by atoms with Gasteiger partial charge in [-0.25, -0.2) is 4.39 Å². The lowest BCUT2D eigenvalue weighted by Gasteiger charge is -2.05. The fourth-order valence-corrected chi connectivity index (χ4v) is 2.85. The number of anilines is 1. The maximum atomic E-state index is 13.6. The van der Waals surface area contributed by atoms with Crippen LogP contribution in [0, 0.1) is 5.82 Å². The highest BCUT2D eigenvalue weighted by Crippen LogP contribution is 2.28. The third-order valence-corrected chi connectivity index (χ3v) is 4.43. The fourth-order valence-electron chi connectivity index (χ4n) is 1.92. The van der Waals surface area contributed by atoms with Crippen LogP contribution < -0.4 is 5.32 Å². The first-order chi connectivity index (χ1) is 12.0. The van der Waals surface area contributed by atoms with Crippen LogP contribution in [0.4, 0.5) is 10.1 Å². The molecule has 1 aromatic heterocycles. The molecule has 0 radical (unpaired) electrons. The van der Waals surface area contributed by atoms with E-state index in [2.05, 4.69) is 15.5 Å². The molecule has 1 amide bonds. The quantitative estimate of drug-likeness (QED) is 0.619. The summed E-state index contributed by atoms with van der Waals surface area (Å²) in [6, 6.07) is 11.1. The van der Waals surface area contributed by atoms with Crippen molar-refractivity contribution in [2.45, 2.75) is 5.22 Å². The molecule has 0 aliphatic carbocycles. The molecule has 1 N–H and O–H groups in total. The normalized spacial score (nSPS) is 10.7. The average Bonchev–Trinajstić information content (AvgIpc) is 3.05. The van der Waals surface area contributed by atoms with E-state index in [0.717, 1.165) is 17.8 Å². The largest absolute Gasteiger partial charge is 0.411 e. The van der Waals surface area contributed by atoms with Crippen LogP contribution in [0.25, 0.3) is 11.5 Å². The number of thioether (sulfide) groups is 1. The summed E-state index contributed by atoms with van der Waals surface area (Å²) < 4.78 is 19.1. The Morgan fingerprint density at radius 3 is 2.76 bits per heavy atom. The number of halogens is 3. The van der Waals surface area contributed by atoms with Crippen molar-refractivity contribution in [2.24, 2.45) is 0 Å². The number of nitrogens with zero attached hydrogens (tertiary/aromatic N) is 2. The summed E-state index contributed by atoms with van der Waals surface area (Å²) in [6.07, 6.45) is 0. The van der Waals surface area contributed by atoms with E-state index in [1.807, 2.05) is 0 Å². The maximum absolute atomic E-state index is 13.6. The van der Waals surface area contributed by atoms with E-state index in [-0.39, 0.29) is 27.6 Å². The zero-order valence-corrected chi connectivity index (χ0v) is 14.8. The summed E-state index contributed by atoms with van der Waals surface area (Å²) in [5.41, 5.74) is 0.661. The molecule has 3 rings (SSSR count). The first-order valence-corrected chi connectivity index (χ1v) is 8.73. The van der Waals surface area contributed by atoms with Crippen LogP contribution in [0.3, 0.4) is 0 Å². The third kappa shape index (κ3) is 4.50. The number of benzene rings is 2. The van der Waals surface area contributed by atoms with Gasteiger partial charge in [0.1, 0.15) is 5.82 Å². The Labute approximate surface area is 156 Å². The molecular weight excluding hydrogens is 388 g/mol. The van der Waals surface area contributed by atoms with Gasteiger partial charge in [0.25, 0.3) is 5.22 Å².